The Morgan fingerprint density at radius 2 is 1.83 bits per heavy atom. The van der Waals surface area contributed by atoms with Crippen LogP contribution in [0, 0.1) is 0 Å². The minimum Gasteiger partial charge on any atom is -0.496 e. The topological polar surface area (TPSA) is 59.6 Å². The third kappa shape index (κ3) is 8.35. The Morgan fingerprint density at radius 1 is 1.07 bits per heavy atom. The lowest BCUT2D eigenvalue weighted by atomic mass is 10.2. The molecule has 154 valence electrons. The summed E-state index contributed by atoms with van der Waals surface area (Å²) < 4.78 is 11.0. The highest BCUT2D eigenvalue weighted by Gasteiger charge is 2.03. The minimum absolute atomic E-state index is 0.230. The molecule has 0 aliphatic rings. The van der Waals surface area contributed by atoms with Crippen molar-refractivity contribution in [3.8, 4) is 11.5 Å². The Labute approximate surface area is 178 Å². The molecule has 0 aromatic heterocycles. The number of ether oxygens (including phenoxy) is 2. The fourth-order valence-corrected chi connectivity index (χ4v) is 2.86. The monoisotopic (exact) mass is 412 g/mol. The second-order valence-corrected chi connectivity index (χ2v) is 6.86. The van der Waals surface area contributed by atoms with E-state index in [4.69, 9.17) is 21.7 Å². The molecular formula is C23H28N2O3S. The van der Waals surface area contributed by atoms with Crippen molar-refractivity contribution in [1.29, 1.82) is 0 Å². The van der Waals surface area contributed by atoms with Crippen molar-refractivity contribution in [2.45, 2.75) is 32.6 Å². The Balaban J connectivity index is 1.78. The summed E-state index contributed by atoms with van der Waals surface area (Å²) in [5.41, 5.74) is 1.59. The first-order valence-corrected chi connectivity index (χ1v) is 10.2. The molecule has 5 nitrogen and oxygen atoms in total. The van der Waals surface area contributed by atoms with Crippen molar-refractivity contribution in [1.82, 2.24) is 5.32 Å². The zero-order valence-electron chi connectivity index (χ0n) is 16.9. The molecule has 2 aromatic carbocycles. The Morgan fingerprint density at radius 3 is 2.55 bits per heavy atom. The van der Waals surface area contributed by atoms with E-state index in [1.54, 1.807) is 13.2 Å². The van der Waals surface area contributed by atoms with Crippen molar-refractivity contribution >= 4 is 35.0 Å². The number of thiocarbonyl (C=S) groups is 1. The van der Waals surface area contributed by atoms with E-state index in [0.717, 1.165) is 30.0 Å². The van der Waals surface area contributed by atoms with Crippen LogP contribution < -0.4 is 20.1 Å². The highest BCUT2D eigenvalue weighted by atomic mass is 32.1. The molecule has 0 aliphatic heterocycles. The fourth-order valence-electron chi connectivity index (χ4n) is 2.64. The number of carbonyl (C=O) groups is 1. The summed E-state index contributed by atoms with van der Waals surface area (Å²) in [4.78, 5) is 12.1. The van der Waals surface area contributed by atoms with Gasteiger partial charge in [-0.05, 0) is 55.0 Å². The zero-order chi connectivity index (χ0) is 20.9. The van der Waals surface area contributed by atoms with Crippen molar-refractivity contribution in [2.24, 2.45) is 0 Å². The largest absolute Gasteiger partial charge is 0.496 e. The quantitative estimate of drug-likeness (QED) is 0.320. The summed E-state index contributed by atoms with van der Waals surface area (Å²) >= 11 is 5.20. The summed E-state index contributed by atoms with van der Waals surface area (Å²) in [5, 5.41) is 5.85. The molecule has 2 N–H and O–H groups in total. The number of para-hydroxylation sites is 1. The van der Waals surface area contributed by atoms with Gasteiger partial charge in [0, 0.05) is 17.3 Å². The van der Waals surface area contributed by atoms with Gasteiger partial charge in [-0.2, -0.15) is 0 Å². The maximum atomic E-state index is 12.1. The summed E-state index contributed by atoms with van der Waals surface area (Å²) in [7, 11) is 1.59. The van der Waals surface area contributed by atoms with Gasteiger partial charge in [0.15, 0.2) is 5.11 Å². The molecule has 0 aliphatic carbocycles. The number of nitrogens with one attached hydrogen (secondary N) is 2. The molecule has 0 saturated carbocycles. The van der Waals surface area contributed by atoms with Crippen molar-refractivity contribution in [2.75, 3.05) is 19.0 Å². The average Bonchev–Trinajstić information content (AvgIpc) is 2.73. The van der Waals surface area contributed by atoms with Gasteiger partial charge in [-0.3, -0.25) is 10.1 Å². The molecule has 2 aromatic rings. The smallest absolute Gasteiger partial charge is 0.250 e. The number of hydrogen-bond acceptors (Lipinski definition) is 4. The van der Waals surface area contributed by atoms with Crippen molar-refractivity contribution in [3.63, 3.8) is 0 Å². The second kappa shape index (κ2) is 12.6. The molecule has 0 saturated heterocycles. The van der Waals surface area contributed by atoms with Crippen LogP contribution in [0.25, 0.3) is 6.08 Å². The van der Waals surface area contributed by atoms with E-state index in [2.05, 4.69) is 17.6 Å². The first kappa shape index (κ1) is 22.4. The zero-order valence-corrected chi connectivity index (χ0v) is 17.8. The van der Waals surface area contributed by atoms with Crippen molar-refractivity contribution in [3.05, 3.63) is 60.2 Å². The average molecular weight is 413 g/mol. The van der Waals surface area contributed by atoms with E-state index in [-0.39, 0.29) is 11.0 Å². The lowest BCUT2D eigenvalue weighted by Crippen LogP contribution is -2.32. The van der Waals surface area contributed by atoms with Gasteiger partial charge < -0.3 is 14.8 Å². The summed E-state index contributed by atoms with van der Waals surface area (Å²) in [5.74, 6) is 1.20. The molecule has 0 bridgehead atoms. The predicted octanol–water partition coefficient (Wildman–Crippen LogP) is 5.18. The van der Waals surface area contributed by atoms with E-state index in [9.17, 15) is 4.79 Å². The summed E-state index contributed by atoms with van der Waals surface area (Å²) in [6.45, 7) is 2.91. The van der Waals surface area contributed by atoms with Gasteiger partial charge in [0.25, 0.3) is 0 Å². The molecule has 0 spiro atoms. The maximum Gasteiger partial charge on any atom is 0.250 e. The van der Waals surface area contributed by atoms with Crippen LogP contribution in [0.3, 0.4) is 0 Å². The van der Waals surface area contributed by atoms with E-state index < -0.39 is 0 Å². The van der Waals surface area contributed by atoms with Gasteiger partial charge in [0.05, 0.1) is 13.7 Å². The number of hydrogen-bond donors (Lipinski definition) is 2. The van der Waals surface area contributed by atoms with Crippen molar-refractivity contribution < 1.29 is 14.3 Å². The van der Waals surface area contributed by atoms with E-state index in [1.165, 1.54) is 25.3 Å². The Kier molecular flexibility index (Phi) is 9.72. The van der Waals surface area contributed by atoms with Gasteiger partial charge in [0.1, 0.15) is 11.5 Å². The molecular weight excluding hydrogens is 384 g/mol. The lowest BCUT2D eigenvalue weighted by molar-refractivity contribution is -0.115. The van der Waals surface area contributed by atoms with Crippen LogP contribution in [-0.2, 0) is 4.79 Å². The lowest BCUT2D eigenvalue weighted by Gasteiger charge is -2.10. The van der Waals surface area contributed by atoms with Gasteiger partial charge in [-0.15, -0.1) is 0 Å². The van der Waals surface area contributed by atoms with E-state index >= 15 is 0 Å². The minimum atomic E-state index is -0.319. The summed E-state index contributed by atoms with van der Waals surface area (Å²) in [6, 6.07) is 15.0. The number of methoxy groups -OCH3 is 1. The van der Waals surface area contributed by atoms with E-state index in [0.29, 0.717) is 5.75 Å². The third-order valence-electron chi connectivity index (χ3n) is 4.17. The molecule has 1 amide bonds. The molecule has 0 heterocycles. The van der Waals surface area contributed by atoms with Crippen LogP contribution in [0.1, 0.15) is 38.2 Å². The Hall–Kier alpha value is -2.86. The van der Waals surface area contributed by atoms with Gasteiger partial charge >= 0.3 is 0 Å². The van der Waals surface area contributed by atoms with Gasteiger partial charge in [0.2, 0.25) is 5.91 Å². The van der Waals surface area contributed by atoms with Gasteiger partial charge in [-0.1, -0.05) is 44.4 Å². The van der Waals surface area contributed by atoms with Crippen LogP contribution in [0.15, 0.2) is 54.6 Å². The Bertz CT molecular complexity index is 819. The number of rotatable bonds is 10. The highest BCUT2D eigenvalue weighted by Crippen LogP contribution is 2.18. The second-order valence-electron chi connectivity index (χ2n) is 6.45. The molecule has 2 rings (SSSR count). The number of anilines is 1. The highest BCUT2D eigenvalue weighted by molar-refractivity contribution is 7.80. The number of unbranched alkanes of at least 4 members (excludes halogenated alkanes) is 3. The first-order chi connectivity index (χ1) is 14.1. The van der Waals surface area contributed by atoms with Crippen LogP contribution in [0.5, 0.6) is 11.5 Å². The van der Waals surface area contributed by atoms with Crippen LogP contribution in [0.4, 0.5) is 5.69 Å². The van der Waals surface area contributed by atoms with E-state index in [1.807, 2.05) is 48.5 Å². The molecule has 6 heteroatoms. The normalized spacial score (nSPS) is 10.6. The standard InChI is InChI=1S/C23H28N2O3S/c1-3-4-5-8-17-28-20-14-12-19(13-15-20)24-23(29)25-22(26)16-11-18-9-6-7-10-21(18)27-2/h6-7,9-16H,3-5,8,17H2,1-2H3,(H2,24,25,26,29). The third-order valence-corrected chi connectivity index (χ3v) is 4.37. The predicted molar refractivity (Wildman–Crippen MR) is 122 cm³/mol. The molecule has 0 unspecified atom stereocenters. The molecule has 0 fully saturated rings. The molecule has 0 atom stereocenters. The number of amides is 1. The van der Waals surface area contributed by atoms with Crippen LogP contribution >= 0.6 is 12.2 Å². The summed E-state index contributed by atoms with van der Waals surface area (Å²) in [6.07, 6.45) is 7.81. The van der Waals surface area contributed by atoms with Crippen LogP contribution in [-0.4, -0.2) is 24.7 Å². The fraction of sp³-hybridized carbons (Fsp3) is 0.304. The number of carbonyl (C=O) groups excluding carboxylic acids is 1. The first-order valence-electron chi connectivity index (χ1n) is 9.78. The maximum absolute atomic E-state index is 12.1. The SMILES string of the molecule is CCCCCCOc1ccc(NC(=S)NC(=O)C=Cc2ccccc2OC)cc1. The van der Waals surface area contributed by atoms with Gasteiger partial charge in [-0.25, -0.2) is 0 Å². The van der Waals surface area contributed by atoms with Crippen LogP contribution in [0.2, 0.25) is 0 Å². The molecule has 29 heavy (non-hydrogen) atoms. The molecule has 0 radical (unpaired) electrons. The number of benzene rings is 2.